The van der Waals surface area contributed by atoms with E-state index in [1.807, 2.05) is 0 Å². The highest BCUT2D eigenvalue weighted by Gasteiger charge is 2.34. The first kappa shape index (κ1) is 16.1. The monoisotopic (exact) mass is 277 g/mol. The molecule has 116 valence electrons. The SMILES string of the molecule is CC1=CC(C)CC(CNCC2(CC(C)C)CCCC2)C1. The molecule has 1 nitrogen and oxygen atoms in total. The summed E-state index contributed by atoms with van der Waals surface area (Å²) in [5.41, 5.74) is 2.23. The molecule has 0 amide bonds. The number of hydrogen-bond donors (Lipinski definition) is 1. The van der Waals surface area contributed by atoms with E-state index in [9.17, 15) is 0 Å². The molecule has 0 heterocycles. The number of rotatable bonds is 6. The molecule has 2 rings (SSSR count). The lowest BCUT2D eigenvalue weighted by Gasteiger charge is -2.33. The fourth-order valence-electron chi connectivity index (χ4n) is 4.83. The zero-order valence-corrected chi connectivity index (χ0v) is 14.2. The molecule has 0 saturated heterocycles. The molecule has 0 aromatic rings. The first-order valence-corrected chi connectivity index (χ1v) is 8.87. The van der Waals surface area contributed by atoms with E-state index < -0.39 is 0 Å². The van der Waals surface area contributed by atoms with Crippen molar-refractivity contribution in [2.45, 2.75) is 72.6 Å². The van der Waals surface area contributed by atoms with Crippen LogP contribution >= 0.6 is 0 Å². The van der Waals surface area contributed by atoms with Crippen molar-refractivity contribution in [3.8, 4) is 0 Å². The molecule has 0 aliphatic heterocycles. The van der Waals surface area contributed by atoms with Gasteiger partial charge in [-0.05, 0) is 68.7 Å². The van der Waals surface area contributed by atoms with Crippen LogP contribution in [0.25, 0.3) is 0 Å². The van der Waals surface area contributed by atoms with Gasteiger partial charge in [0.15, 0.2) is 0 Å². The maximum Gasteiger partial charge on any atom is 0.000802 e. The van der Waals surface area contributed by atoms with Gasteiger partial charge in [0.25, 0.3) is 0 Å². The van der Waals surface area contributed by atoms with Crippen LogP contribution in [0.1, 0.15) is 72.6 Å². The average molecular weight is 277 g/mol. The normalized spacial score (nSPS) is 29.8. The molecule has 0 bridgehead atoms. The van der Waals surface area contributed by atoms with Gasteiger partial charge in [0.05, 0.1) is 0 Å². The van der Waals surface area contributed by atoms with Gasteiger partial charge < -0.3 is 5.32 Å². The highest BCUT2D eigenvalue weighted by Crippen LogP contribution is 2.42. The first-order valence-electron chi connectivity index (χ1n) is 8.87. The second-order valence-corrected chi connectivity index (χ2v) is 8.23. The Morgan fingerprint density at radius 2 is 2.00 bits per heavy atom. The Bertz CT molecular complexity index is 323. The van der Waals surface area contributed by atoms with Crippen LogP contribution in [0.15, 0.2) is 11.6 Å². The van der Waals surface area contributed by atoms with Gasteiger partial charge >= 0.3 is 0 Å². The summed E-state index contributed by atoms with van der Waals surface area (Å²) >= 11 is 0. The van der Waals surface area contributed by atoms with Gasteiger partial charge in [0.1, 0.15) is 0 Å². The van der Waals surface area contributed by atoms with Crippen LogP contribution in [-0.2, 0) is 0 Å². The third-order valence-electron chi connectivity index (χ3n) is 5.32. The summed E-state index contributed by atoms with van der Waals surface area (Å²) in [4.78, 5) is 0. The van der Waals surface area contributed by atoms with E-state index >= 15 is 0 Å². The molecular weight excluding hydrogens is 242 g/mol. The van der Waals surface area contributed by atoms with Crippen molar-refractivity contribution in [2.75, 3.05) is 13.1 Å². The maximum atomic E-state index is 3.86. The van der Waals surface area contributed by atoms with E-state index in [0.717, 1.165) is 17.8 Å². The quantitative estimate of drug-likeness (QED) is 0.660. The van der Waals surface area contributed by atoms with Crippen molar-refractivity contribution in [1.82, 2.24) is 5.32 Å². The Morgan fingerprint density at radius 3 is 2.60 bits per heavy atom. The van der Waals surface area contributed by atoms with Crippen LogP contribution in [0.3, 0.4) is 0 Å². The molecule has 0 spiro atoms. The van der Waals surface area contributed by atoms with Gasteiger partial charge in [-0.25, -0.2) is 0 Å². The van der Waals surface area contributed by atoms with E-state index in [0.29, 0.717) is 5.41 Å². The lowest BCUT2D eigenvalue weighted by molar-refractivity contribution is 0.217. The van der Waals surface area contributed by atoms with E-state index in [-0.39, 0.29) is 0 Å². The Balaban J connectivity index is 1.78. The minimum atomic E-state index is 0.624. The van der Waals surface area contributed by atoms with Gasteiger partial charge in [0.2, 0.25) is 0 Å². The zero-order valence-electron chi connectivity index (χ0n) is 14.2. The average Bonchev–Trinajstić information content (AvgIpc) is 2.75. The predicted octanol–water partition coefficient (Wildman–Crippen LogP) is 5.17. The molecular formula is C19H35N. The van der Waals surface area contributed by atoms with Crippen LogP contribution in [0, 0.1) is 23.2 Å². The van der Waals surface area contributed by atoms with Crippen molar-refractivity contribution in [3.63, 3.8) is 0 Å². The van der Waals surface area contributed by atoms with E-state index in [4.69, 9.17) is 0 Å². The molecule has 2 aliphatic rings. The van der Waals surface area contributed by atoms with Crippen molar-refractivity contribution in [1.29, 1.82) is 0 Å². The summed E-state index contributed by atoms with van der Waals surface area (Å²) in [7, 11) is 0. The molecule has 0 aromatic carbocycles. The fraction of sp³-hybridized carbons (Fsp3) is 0.895. The zero-order chi connectivity index (χ0) is 14.6. The smallest absolute Gasteiger partial charge is 0.000802 e. The minimum Gasteiger partial charge on any atom is -0.316 e. The van der Waals surface area contributed by atoms with Crippen molar-refractivity contribution in [2.24, 2.45) is 23.2 Å². The van der Waals surface area contributed by atoms with E-state index in [1.54, 1.807) is 5.57 Å². The number of allylic oxidation sites excluding steroid dienone is 2. The molecule has 2 atom stereocenters. The topological polar surface area (TPSA) is 12.0 Å². The Kier molecular flexibility index (Phi) is 5.72. The van der Waals surface area contributed by atoms with Crippen LogP contribution in [0.2, 0.25) is 0 Å². The third kappa shape index (κ3) is 4.62. The van der Waals surface area contributed by atoms with Crippen molar-refractivity contribution >= 4 is 0 Å². The van der Waals surface area contributed by atoms with Crippen LogP contribution in [0.4, 0.5) is 0 Å². The molecule has 1 N–H and O–H groups in total. The maximum absolute atomic E-state index is 3.86. The number of hydrogen-bond acceptors (Lipinski definition) is 1. The number of nitrogens with one attached hydrogen (secondary N) is 1. The molecule has 1 fully saturated rings. The summed E-state index contributed by atoms with van der Waals surface area (Å²) in [6.07, 6.45) is 12.4. The standard InChI is InChI=1S/C19H35N/c1-15(2)12-19(7-5-6-8-19)14-20-13-18-10-16(3)9-17(4)11-18/h9,15-16,18,20H,5-8,10-14H2,1-4H3. The summed E-state index contributed by atoms with van der Waals surface area (Å²) in [6.45, 7) is 11.9. The third-order valence-corrected chi connectivity index (χ3v) is 5.32. The predicted molar refractivity (Wildman–Crippen MR) is 88.9 cm³/mol. The van der Waals surface area contributed by atoms with Crippen molar-refractivity contribution in [3.05, 3.63) is 11.6 Å². The molecule has 0 aromatic heterocycles. The molecule has 2 unspecified atom stereocenters. The van der Waals surface area contributed by atoms with Gasteiger partial charge in [-0.1, -0.05) is 45.3 Å². The van der Waals surface area contributed by atoms with Gasteiger partial charge in [-0.15, -0.1) is 0 Å². The van der Waals surface area contributed by atoms with Crippen LogP contribution in [-0.4, -0.2) is 13.1 Å². The summed E-state index contributed by atoms with van der Waals surface area (Å²) < 4.78 is 0. The Hall–Kier alpha value is -0.300. The highest BCUT2D eigenvalue weighted by molar-refractivity contribution is 5.06. The fourth-order valence-corrected chi connectivity index (χ4v) is 4.83. The molecule has 20 heavy (non-hydrogen) atoms. The van der Waals surface area contributed by atoms with Crippen LogP contribution in [0.5, 0.6) is 0 Å². The Labute approximate surface area is 126 Å². The largest absolute Gasteiger partial charge is 0.316 e. The molecule has 1 saturated carbocycles. The van der Waals surface area contributed by atoms with E-state index in [2.05, 4.69) is 39.1 Å². The van der Waals surface area contributed by atoms with Crippen molar-refractivity contribution < 1.29 is 0 Å². The summed E-state index contributed by atoms with van der Waals surface area (Å²) in [5, 5.41) is 3.86. The Morgan fingerprint density at radius 1 is 1.30 bits per heavy atom. The lowest BCUT2D eigenvalue weighted by Crippen LogP contribution is -2.36. The summed E-state index contributed by atoms with van der Waals surface area (Å²) in [5.74, 6) is 2.49. The second-order valence-electron chi connectivity index (χ2n) is 8.23. The molecule has 1 heteroatoms. The lowest BCUT2D eigenvalue weighted by atomic mass is 9.78. The first-order chi connectivity index (χ1) is 9.49. The van der Waals surface area contributed by atoms with Crippen LogP contribution < -0.4 is 5.32 Å². The molecule has 0 radical (unpaired) electrons. The minimum absolute atomic E-state index is 0.624. The van der Waals surface area contributed by atoms with Gasteiger partial charge in [-0.3, -0.25) is 0 Å². The van der Waals surface area contributed by atoms with Gasteiger partial charge in [-0.2, -0.15) is 0 Å². The van der Waals surface area contributed by atoms with Gasteiger partial charge in [0, 0.05) is 6.54 Å². The van der Waals surface area contributed by atoms with E-state index in [1.165, 1.54) is 58.0 Å². The second kappa shape index (κ2) is 7.11. The summed E-state index contributed by atoms with van der Waals surface area (Å²) in [6, 6.07) is 0. The highest BCUT2D eigenvalue weighted by atomic mass is 14.9. The molecule has 2 aliphatic carbocycles.